The van der Waals surface area contributed by atoms with E-state index in [2.05, 4.69) is 35.0 Å². The van der Waals surface area contributed by atoms with E-state index >= 15 is 0 Å². The van der Waals surface area contributed by atoms with Crippen LogP contribution in [0, 0.1) is 5.92 Å². The van der Waals surface area contributed by atoms with E-state index in [1.54, 1.807) is 6.92 Å². The highest BCUT2D eigenvalue weighted by Crippen LogP contribution is 2.44. The Labute approximate surface area is 171 Å². The third-order valence-electron chi connectivity index (χ3n) is 6.40. The number of ether oxygens (including phenoxy) is 2. The SMILES string of the molecule is CC(=O)N1c2ccc(-c3cnn(C4CC4)c3)c(OCCC3COC3)c2CCC1C. The van der Waals surface area contributed by atoms with Crippen LogP contribution in [0.1, 0.15) is 51.1 Å². The average Bonchev–Trinajstić information content (AvgIpc) is 3.40. The maximum absolute atomic E-state index is 12.3. The molecule has 1 amide bonds. The summed E-state index contributed by atoms with van der Waals surface area (Å²) in [5, 5.41) is 4.57. The number of nitrogens with zero attached hydrogens (tertiary/aromatic N) is 3. The summed E-state index contributed by atoms with van der Waals surface area (Å²) in [6, 6.07) is 4.95. The molecule has 1 aromatic carbocycles. The molecule has 0 spiro atoms. The summed E-state index contributed by atoms with van der Waals surface area (Å²) < 4.78 is 13.8. The van der Waals surface area contributed by atoms with Crippen LogP contribution in [-0.2, 0) is 16.0 Å². The first-order valence-electron chi connectivity index (χ1n) is 10.8. The molecule has 2 aromatic rings. The molecule has 154 valence electrons. The minimum Gasteiger partial charge on any atom is -0.493 e. The van der Waals surface area contributed by atoms with Crippen molar-refractivity contribution in [3.8, 4) is 16.9 Å². The molecule has 3 aliphatic rings. The van der Waals surface area contributed by atoms with Gasteiger partial charge in [-0.05, 0) is 51.2 Å². The number of fused-ring (bicyclic) bond motifs is 1. The van der Waals surface area contributed by atoms with Crippen molar-refractivity contribution in [3.63, 3.8) is 0 Å². The maximum Gasteiger partial charge on any atom is 0.224 e. The lowest BCUT2D eigenvalue weighted by Crippen LogP contribution is -2.40. The van der Waals surface area contributed by atoms with Crippen LogP contribution in [0.15, 0.2) is 24.5 Å². The molecular weight excluding hydrogens is 366 g/mol. The van der Waals surface area contributed by atoms with Crippen molar-refractivity contribution in [1.29, 1.82) is 0 Å². The minimum atomic E-state index is 0.0883. The van der Waals surface area contributed by atoms with E-state index in [0.717, 1.165) is 60.6 Å². The number of hydrogen-bond acceptors (Lipinski definition) is 4. The number of aromatic nitrogens is 2. The van der Waals surface area contributed by atoms with Gasteiger partial charge in [0.25, 0.3) is 0 Å². The van der Waals surface area contributed by atoms with Crippen molar-refractivity contribution in [2.75, 3.05) is 24.7 Å². The highest BCUT2D eigenvalue weighted by Gasteiger charge is 2.31. The highest BCUT2D eigenvalue weighted by molar-refractivity contribution is 5.95. The normalized spacial score (nSPS) is 21.6. The van der Waals surface area contributed by atoms with E-state index in [4.69, 9.17) is 9.47 Å². The second-order valence-electron chi connectivity index (χ2n) is 8.70. The molecule has 0 N–H and O–H groups in total. The molecule has 1 aromatic heterocycles. The lowest BCUT2D eigenvalue weighted by Gasteiger charge is -2.36. The van der Waals surface area contributed by atoms with Gasteiger partial charge in [-0.1, -0.05) is 0 Å². The fraction of sp³-hybridized carbons (Fsp3) is 0.565. The molecule has 2 aliphatic heterocycles. The van der Waals surface area contributed by atoms with E-state index in [0.29, 0.717) is 18.6 Å². The van der Waals surface area contributed by atoms with E-state index in [1.165, 1.54) is 12.8 Å². The summed E-state index contributed by atoms with van der Waals surface area (Å²) in [6.07, 6.45) is 9.38. The number of anilines is 1. The van der Waals surface area contributed by atoms with Gasteiger partial charge in [0.2, 0.25) is 5.91 Å². The molecule has 29 heavy (non-hydrogen) atoms. The molecule has 5 rings (SSSR count). The Bertz CT molecular complexity index is 914. The molecule has 0 radical (unpaired) electrons. The van der Waals surface area contributed by atoms with Gasteiger partial charge in [-0.2, -0.15) is 5.10 Å². The molecule has 1 aliphatic carbocycles. The van der Waals surface area contributed by atoms with Gasteiger partial charge in [0.15, 0.2) is 0 Å². The number of benzene rings is 1. The molecule has 0 bridgehead atoms. The third-order valence-corrected chi connectivity index (χ3v) is 6.40. The van der Waals surface area contributed by atoms with Gasteiger partial charge in [0.05, 0.1) is 37.7 Å². The Hall–Kier alpha value is -2.34. The van der Waals surface area contributed by atoms with Crippen LogP contribution in [0.4, 0.5) is 5.69 Å². The van der Waals surface area contributed by atoms with Crippen LogP contribution >= 0.6 is 0 Å². The predicted octanol–water partition coefficient (Wildman–Crippen LogP) is 3.99. The lowest BCUT2D eigenvalue weighted by atomic mass is 9.92. The molecule has 1 atom stereocenters. The quantitative estimate of drug-likeness (QED) is 0.742. The Morgan fingerprint density at radius 1 is 1.28 bits per heavy atom. The second-order valence-corrected chi connectivity index (χ2v) is 8.70. The fourth-order valence-electron chi connectivity index (χ4n) is 4.47. The summed E-state index contributed by atoms with van der Waals surface area (Å²) in [4.78, 5) is 14.3. The van der Waals surface area contributed by atoms with Crippen molar-refractivity contribution in [2.24, 2.45) is 5.92 Å². The second kappa shape index (κ2) is 7.48. The number of hydrogen-bond donors (Lipinski definition) is 0. The van der Waals surface area contributed by atoms with Gasteiger partial charge >= 0.3 is 0 Å². The summed E-state index contributed by atoms with van der Waals surface area (Å²) in [6.45, 7) is 6.12. The van der Waals surface area contributed by atoms with Crippen molar-refractivity contribution in [1.82, 2.24) is 9.78 Å². The smallest absolute Gasteiger partial charge is 0.224 e. The molecule has 3 heterocycles. The van der Waals surface area contributed by atoms with E-state index < -0.39 is 0 Å². The molecular formula is C23H29N3O3. The lowest BCUT2D eigenvalue weighted by molar-refractivity contribution is -0.117. The van der Waals surface area contributed by atoms with Gasteiger partial charge in [0, 0.05) is 41.8 Å². The molecule has 1 saturated heterocycles. The van der Waals surface area contributed by atoms with Crippen LogP contribution in [0.25, 0.3) is 11.1 Å². The summed E-state index contributed by atoms with van der Waals surface area (Å²) in [7, 11) is 0. The minimum absolute atomic E-state index is 0.0883. The number of rotatable bonds is 6. The highest BCUT2D eigenvalue weighted by atomic mass is 16.5. The Morgan fingerprint density at radius 2 is 2.10 bits per heavy atom. The first-order valence-corrected chi connectivity index (χ1v) is 10.8. The van der Waals surface area contributed by atoms with Crippen LogP contribution < -0.4 is 9.64 Å². The Balaban J connectivity index is 1.51. The van der Waals surface area contributed by atoms with Crippen molar-refractivity contribution < 1.29 is 14.3 Å². The molecule has 6 nitrogen and oxygen atoms in total. The van der Waals surface area contributed by atoms with E-state index in [9.17, 15) is 4.79 Å². The first-order chi connectivity index (χ1) is 14.1. The average molecular weight is 396 g/mol. The monoisotopic (exact) mass is 395 g/mol. The van der Waals surface area contributed by atoms with Gasteiger partial charge in [0.1, 0.15) is 5.75 Å². The number of carbonyl (C=O) groups is 1. The van der Waals surface area contributed by atoms with Crippen molar-refractivity contribution in [3.05, 3.63) is 30.1 Å². The zero-order valence-corrected chi connectivity index (χ0v) is 17.3. The van der Waals surface area contributed by atoms with Crippen LogP contribution in [0.2, 0.25) is 0 Å². The molecule has 2 fully saturated rings. The summed E-state index contributed by atoms with van der Waals surface area (Å²) in [5.74, 6) is 1.62. The third kappa shape index (κ3) is 3.54. The topological polar surface area (TPSA) is 56.6 Å². The van der Waals surface area contributed by atoms with Crippen LogP contribution in [0.3, 0.4) is 0 Å². The Kier molecular flexibility index (Phi) is 4.82. The van der Waals surface area contributed by atoms with Gasteiger partial charge in [-0.25, -0.2) is 0 Å². The summed E-state index contributed by atoms with van der Waals surface area (Å²) >= 11 is 0. The van der Waals surface area contributed by atoms with Gasteiger partial charge < -0.3 is 14.4 Å². The van der Waals surface area contributed by atoms with E-state index in [-0.39, 0.29) is 11.9 Å². The fourth-order valence-corrected chi connectivity index (χ4v) is 4.47. The van der Waals surface area contributed by atoms with Crippen molar-refractivity contribution in [2.45, 2.75) is 58.0 Å². The zero-order chi connectivity index (χ0) is 20.0. The molecule has 1 unspecified atom stereocenters. The predicted molar refractivity (Wildman–Crippen MR) is 111 cm³/mol. The largest absolute Gasteiger partial charge is 0.493 e. The summed E-state index contributed by atoms with van der Waals surface area (Å²) in [5.41, 5.74) is 4.32. The number of amides is 1. The van der Waals surface area contributed by atoms with Gasteiger partial charge in [-0.15, -0.1) is 0 Å². The Morgan fingerprint density at radius 3 is 2.79 bits per heavy atom. The van der Waals surface area contributed by atoms with Crippen LogP contribution in [0.5, 0.6) is 5.75 Å². The maximum atomic E-state index is 12.3. The van der Waals surface area contributed by atoms with Gasteiger partial charge in [-0.3, -0.25) is 9.48 Å². The molecule has 1 saturated carbocycles. The number of carbonyl (C=O) groups excluding carboxylic acids is 1. The van der Waals surface area contributed by atoms with Crippen LogP contribution in [-0.4, -0.2) is 41.6 Å². The molecule has 6 heteroatoms. The zero-order valence-electron chi connectivity index (χ0n) is 17.3. The first kappa shape index (κ1) is 18.7. The standard InChI is InChI=1S/C23H29N3O3/c1-15-3-6-21-22(26(15)16(2)27)8-7-20(18-11-24-25(12-18)19-4-5-19)23(21)29-10-9-17-13-28-14-17/h7-8,11-12,15,17,19H,3-6,9-10,13-14H2,1-2H3. The van der Waals surface area contributed by atoms with Crippen molar-refractivity contribution >= 4 is 11.6 Å². The van der Waals surface area contributed by atoms with E-state index in [1.807, 2.05) is 11.1 Å².